The first-order chi connectivity index (χ1) is 17.4. The molecule has 0 saturated carbocycles. The molecule has 1 N–H and O–H groups in total. The smallest absolute Gasteiger partial charge is 0.296 e. The van der Waals surface area contributed by atoms with Crippen molar-refractivity contribution in [3.8, 4) is 17.2 Å². The average Bonchev–Trinajstić information content (AvgIpc) is 3.59. The molecule has 5 rings (SSSR count). The van der Waals surface area contributed by atoms with E-state index >= 15 is 0 Å². The summed E-state index contributed by atoms with van der Waals surface area (Å²) in [6, 6.07) is 10.8. The third-order valence-electron chi connectivity index (χ3n) is 5.95. The van der Waals surface area contributed by atoms with Gasteiger partial charge < -0.3 is 23.7 Å². The summed E-state index contributed by atoms with van der Waals surface area (Å²) < 4.78 is 22.2. The number of hydrogen-bond donors (Lipinski definition) is 1. The Balaban J connectivity index is 1.71. The van der Waals surface area contributed by atoms with E-state index in [1.54, 1.807) is 54.8 Å². The van der Waals surface area contributed by atoms with Crippen molar-refractivity contribution < 1.29 is 33.3 Å². The van der Waals surface area contributed by atoms with Crippen molar-refractivity contribution in [2.45, 2.75) is 13.0 Å². The number of benzene rings is 2. The third kappa shape index (κ3) is 3.66. The fourth-order valence-electron chi connectivity index (χ4n) is 4.28. The summed E-state index contributed by atoms with van der Waals surface area (Å²) in [5, 5.41) is 13.8. The monoisotopic (exact) mass is 506 g/mol. The number of anilines is 1. The number of ketones is 1. The van der Waals surface area contributed by atoms with E-state index in [1.807, 2.05) is 0 Å². The number of Topliss-reactive ketones (excluding diaryl/α,β-unsaturated/α-hetero) is 1. The van der Waals surface area contributed by atoms with Crippen molar-refractivity contribution >= 4 is 39.1 Å². The number of ether oxygens (including phenoxy) is 3. The Morgan fingerprint density at radius 2 is 1.86 bits per heavy atom. The van der Waals surface area contributed by atoms with Gasteiger partial charge in [-0.3, -0.25) is 14.5 Å². The summed E-state index contributed by atoms with van der Waals surface area (Å²) in [6.07, 6.45) is 0. The van der Waals surface area contributed by atoms with Gasteiger partial charge in [-0.05, 0) is 37.3 Å². The molecule has 0 radical (unpaired) electrons. The van der Waals surface area contributed by atoms with Crippen LogP contribution in [0.2, 0.25) is 0 Å². The van der Waals surface area contributed by atoms with Gasteiger partial charge >= 0.3 is 0 Å². The first-order valence-electron chi connectivity index (χ1n) is 10.9. The molecule has 3 heterocycles. The van der Waals surface area contributed by atoms with Crippen molar-refractivity contribution in [2.75, 3.05) is 26.2 Å². The molecule has 36 heavy (non-hydrogen) atoms. The minimum Gasteiger partial charge on any atom is -0.503 e. The second-order valence-electron chi connectivity index (χ2n) is 8.04. The lowest BCUT2D eigenvalue weighted by Gasteiger charge is -2.26. The van der Waals surface area contributed by atoms with E-state index < -0.39 is 23.5 Å². The SMILES string of the molecule is COc1ccc(OC)c(C2C(C(=O)c3cc4cccc(OC)c4o3)=C(O)C(=O)N2c2nc(C)cs2)c1. The second kappa shape index (κ2) is 9.04. The van der Waals surface area contributed by atoms with Crippen LogP contribution in [0.1, 0.15) is 27.9 Å². The number of aliphatic hydroxyl groups is 1. The van der Waals surface area contributed by atoms with Gasteiger partial charge in [0.1, 0.15) is 17.5 Å². The van der Waals surface area contributed by atoms with Crippen LogP contribution < -0.4 is 19.1 Å². The zero-order valence-corrected chi connectivity index (χ0v) is 20.7. The van der Waals surface area contributed by atoms with E-state index in [4.69, 9.17) is 18.6 Å². The van der Waals surface area contributed by atoms with Crippen LogP contribution in [0.15, 0.2) is 63.6 Å². The number of methoxy groups -OCH3 is 3. The van der Waals surface area contributed by atoms with E-state index in [2.05, 4.69) is 4.98 Å². The van der Waals surface area contributed by atoms with Crippen molar-refractivity contribution in [1.82, 2.24) is 4.98 Å². The summed E-state index contributed by atoms with van der Waals surface area (Å²) >= 11 is 1.23. The zero-order valence-electron chi connectivity index (χ0n) is 19.9. The minimum atomic E-state index is -1.05. The number of hydrogen-bond acceptors (Lipinski definition) is 9. The average molecular weight is 507 g/mol. The number of rotatable bonds is 7. The van der Waals surface area contributed by atoms with Gasteiger partial charge in [-0.2, -0.15) is 0 Å². The molecule has 2 aromatic heterocycles. The van der Waals surface area contributed by atoms with E-state index in [1.165, 1.54) is 37.6 Å². The molecule has 0 saturated heterocycles. The van der Waals surface area contributed by atoms with Crippen molar-refractivity contribution in [1.29, 1.82) is 0 Å². The molecule has 184 valence electrons. The van der Waals surface area contributed by atoms with Crippen LogP contribution in [-0.2, 0) is 4.79 Å². The standard InChI is InChI=1S/C26H22N2O7S/c1-13-12-36-26(27-13)28-21(16-11-15(32-2)8-9-17(16)33-3)20(23(30)25(28)31)22(29)19-10-14-6-5-7-18(34-4)24(14)35-19/h5-12,21,30H,1-4H3. The zero-order chi connectivity index (χ0) is 25.6. The van der Waals surface area contributed by atoms with Crippen LogP contribution >= 0.6 is 11.3 Å². The maximum absolute atomic E-state index is 13.9. The quantitative estimate of drug-likeness (QED) is 0.348. The van der Waals surface area contributed by atoms with Gasteiger partial charge in [0.25, 0.3) is 5.91 Å². The molecule has 0 aliphatic carbocycles. The highest BCUT2D eigenvalue weighted by Crippen LogP contribution is 2.46. The number of fused-ring (bicyclic) bond motifs is 1. The maximum Gasteiger partial charge on any atom is 0.296 e. The molecule has 1 amide bonds. The Hall–Kier alpha value is -4.31. The van der Waals surface area contributed by atoms with Crippen molar-refractivity contribution in [2.24, 2.45) is 0 Å². The van der Waals surface area contributed by atoms with Gasteiger partial charge in [-0.1, -0.05) is 12.1 Å². The van der Waals surface area contributed by atoms with Crippen LogP contribution in [0, 0.1) is 6.92 Å². The topological polar surface area (TPSA) is 111 Å². The van der Waals surface area contributed by atoms with Gasteiger partial charge in [0.2, 0.25) is 5.78 Å². The van der Waals surface area contributed by atoms with Crippen LogP contribution in [0.5, 0.6) is 17.2 Å². The first-order valence-corrected chi connectivity index (χ1v) is 11.8. The van der Waals surface area contributed by atoms with E-state index in [9.17, 15) is 14.7 Å². The Bertz CT molecular complexity index is 1530. The number of furan rings is 1. The Morgan fingerprint density at radius 1 is 1.08 bits per heavy atom. The lowest BCUT2D eigenvalue weighted by atomic mass is 9.94. The van der Waals surface area contributed by atoms with Gasteiger partial charge in [0.05, 0.1) is 32.6 Å². The predicted molar refractivity (Wildman–Crippen MR) is 133 cm³/mol. The Morgan fingerprint density at radius 3 is 2.53 bits per heavy atom. The highest BCUT2D eigenvalue weighted by Gasteiger charge is 2.47. The summed E-state index contributed by atoms with van der Waals surface area (Å²) in [7, 11) is 4.49. The van der Waals surface area contributed by atoms with E-state index in [0.29, 0.717) is 44.6 Å². The number of nitrogens with zero attached hydrogens (tertiary/aromatic N) is 2. The maximum atomic E-state index is 13.9. The van der Waals surface area contributed by atoms with Crippen LogP contribution in [0.4, 0.5) is 5.13 Å². The number of thiazole rings is 1. The molecule has 1 aliphatic heterocycles. The van der Waals surface area contributed by atoms with Crippen LogP contribution in [0.3, 0.4) is 0 Å². The molecule has 0 spiro atoms. The summed E-state index contributed by atoms with van der Waals surface area (Å²) in [4.78, 5) is 33.0. The minimum absolute atomic E-state index is 0.0483. The molecular formula is C26H22N2O7S. The third-order valence-corrected chi connectivity index (χ3v) is 6.91. The Kier molecular flexibility index (Phi) is 5.89. The summed E-state index contributed by atoms with van der Waals surface area (Å²) in [6.45, 7) is 1.79. The van der Waals surface area contributed by atoms with Crippen LogP contribution in [-0.4, -0.2) is 43.1 Å². The normalized spacial score (nSPS) is 15.6. The molecule has 4 aromatic rings. The summed E-state index contributed by atoms with van der Waals surface area (Å²) in [5.74, 6) is -0.791. The first kappa shape index (κ1) is 23.4. The number of carbonyl (C=O) groups excluding carboxylic acids is 2. The molecule has 0 fully saturated rings. The number of amides is 1. The second-order valence-corrected chi connectivity index (χ2v) is 8.87. The van der Waals surface area contributed by atoms with E-state index in [0.717, 1.165) is 0 Å². The Labute approximate surface area is 210 Å². The number of aromatic nitrogens is 1. The fraction of sp³-hybridized carbons (Fsp3) is 0.192. The lowest BCUT2D eigenvalue weighted by Crippen LogP contribution is -2.31. The molecule has 1 aliphatic rings. The largest absolute Gasteiger partial charge is 0.503 e. The molecule has 2 aromatic carbocycles. The van der Waals surface area contributed by atoms with E-state index in [-0.39, 0.29) is 11.3 Å². The summed E-state index contributed by atoms with van der Waals surface area (Å²) in [5.41, 5.74) is 1.37. The number of aryl methyl sites for hydroxylation is 1. The van der Waals surface area contributed by atoms with Gasteiger partial charge in [-0.15, -0.1) is 11.3 Å². The highest BCUT2D eigenvalue weighted by atomic mass is 32.1. The highest BCUT2D eigenvalue weighted by molar-refractivity contribution is 7.14. The lowest BCUT2D eigenvalue weighted by molar-refractivity contribution is -0.117. The van der Waals surface area contributed by atoms with Crippen molar-refractivity contribution in [3.05, 3.63) is 76.2 Å². The van der Waals surface area contributed by atoms with Gasteiger partial charge in [0, 0.05) is 16.3 Å². The number of carbonyl (C=O) groups is 2. The van der Waals surface area contributed by atoms with Gasteiger partial charge in [-0.25, -0.2) is 4.98 Å². The molecule has 9 nitrogen and oxygen atoms in total. The van der Waals surface area contributed by atoms with Crippen molar-refractivity contribution in [3.63, 3.8) is 0 Å². The molecule has 1 atom stereocenters. The fourth-order valence-corrected chi connectivity index (χ4v) is 5.10. The molecular weight excluding hydrogens is 484 g/mol. The van der Waals surface area contributed by atoms with Crippen LogP contribution in [0.25, 0.3) is 11.0 Å². The number of para-hydroxylation sites is 1. The predicted octanol–water partition coefficient (Wildman–Crippen LogP) is 5.01. The molecule has 10 heteroatoms. The number of aliphatic hydroxyl groups excluding tert-OH is 1. The molecule has 1 unspecified atom stereocenters. The molecule has 0 bridgehead atoms. The van der Waals surface area contributed by atoms with Gasteiger partial charge in [0.15, 0.2) is 28.0 Å².